The zero-order valence-electron chi connectivity index (χ0n) is 17.1. The molecule has 152 valence electrons. The van der Waals surface area contributed by atoms with E-state index in [0.717, 1.165) is 11.1 Å². The van der Waals surface area contributed by atoms with Crippen LogP contribution in [0.2, 0.25) is 0 Å². The molecule has 0 spiro atoms. The second kappa shape index (κ2) is 7.57. The Morgan fingerprint density at radius 2 is 1.71 bits per heavy atom. The molecule has 0 aliphatic carbocycles. The number of nitrogens with zero attached hydrogens (tertiary/aromatic N) is 3. The molecule has 3 heterocycles. The summed E-state index contributed by atoms with van der Waals surface area (Å²) in [6, 6.07) is 22.8. The van der Waals surface area contributed by atoms with E-state index in [1.807, 2.05) is 49.4 Å². The molecule has 0 amide bonds. The van der Waals surface area contributed by atoms with Crippen LogP contribution in [-0.4, -0.2) is 20.7 Å². The van der Waals surface area contributed by atoms with Crippen LogP contribution in [0.1, 0.15) is 16.1 Å². The zero-order chi connectivity index (χ0) is 21.4. The number of hydrogen-bond donors (Lipinski definition) is 0. The first-order valence-electron chi connectivity index (χ1n) is 9.86. The molecular weight excluding hydrogens is 390 g/mol. The fourth-order valence-corrected chi connectivity index (χ4v) is 3.66. The quantitative estimate of drug-likeness (QED) is 0.293. The second-order valence-electron chi connectivity index (χ2n) is 7.22. The van der Waals surface area contributed by atoms with Crippen LogP contribution in [0.3, 0.4) is 0 Å². The predicted octanol–water partition coefficient (Wildman–Crippen LogP) is 5.42. The van der Waals surface area contributed by atoms with Crippen LogP contribution in [0.5, 0.6) is 5.75 Å². The van der Waals surface area contributed by atoms with Crippen molar-refractivity contribution in [3.63, 3.8) is 0 Å². The summed E-state index contributed by atoms with van der Waals surface area (Å²) < 4.78 is 12.8. The third kappa shape index (κ3) is 3.48. The summed E-state index contributed by atoms with van der Waals surface area (Å²) in [5, 5.41) is 5.09. The van der Waals surface area contributed by atoms with Gasteiger partial charge in [0.25, 0.3) is 0 Å². The average Bonchev–Trinajstić information content (AvgIpc) is 3.43. The van der Waals surface area contributed by atoms with Crippen molar-refractivity contribution < 1.29 is 13.9 Å². The van der Waals surface area contributed by atoms with Crippen LogP contribution < -0.4 is 4.74 Å². The van der Waals surface area contributed by atoms with Crippen LogP contribution in [0, 0.1) is 6.92 Å². The van der Waals surface area contributed by atoms with Gasteiger partial charge in [0.2, 0.25) is 0 Å². The molecule has 5 rings (SSSR count). The lowest BCUT2D eigenvalue weighted by molar-refractivity contribution is 0.0736. The maximum Gasteiger partial charge on any atom is 0.344 e. The standard InChI is InChI=1S/C25H19N3O3/c1-16-23-20(15-21(22-9-6-14-30-22)26-24(23)28(2)27-16)25(29)31-19-12-10-18(11-13-19)17-7-4-3-5-8-17/h3-15H,1-2H3. The van der Waals surface area contributed by atoms with Gasteiger partial charge in [-0.2, -0.15) is 5.10 Å². The lowest BCUT2D eigenvalue weighted by atomic mass is 10.1. The molecule has 31 heavy (non-hydrogen) atoms. The van der Waals surface area contributed by atoms with Crippen LogP contribution >= 0.6 is 0 Å². The number of carbonyl (C=O) groups excluding carboxylic acids is 1. The highest BCUT2D eigenvalue weighted by molar-refractivity contribution is 6.05. The molecule has 0 saturated carbocycles. The van der Waals surface area contributed by atoms with Crippen molar-refractivity contribution >= 4 is 17.0 Å². The number of esters is 1. The van der Waals surface area contributed by atoms with Crippen molar-refractivity contribution in [2.24, 2.45) is 7.05 Å². The van der Waals surface area contributed by atoms with E-state index in [0.29, 0.717) is 39.5 Å². The number of ether oxygens (including phenoxy) is 1. The van der Waals surface area contributed by atoms with Crippen molar-refractivity contribution in [3.05, 3.63) is 90.3 Å². The molecule has 0 aliphatic rings. The van der Waals surface area contributed by atoms with Crippen molar-refractivity contribution in [2.75, 3.05) is 0 Å². The first-order chi connectivity index (χ1) is 15.1. The number of aromatic nitrogens is 3. The fourth-order valence-electron chi connectivity index (χ4n) is 3.66. The Bertz CT molecular complexity index is 1370. The minimum absolute atomic E-state index is 0.397. The van der Waals surface area contributed by atoms with Gasteiger partial charge in [0.1, 0.15) is 11.4 Å². The van der Waals surface area contributed by atoms with Gasteiger partial charge in [0.05, 0.1) is 22.9 Å². The predicted molar refractivity (Wildman–Crippen MR) is 118 cm³/mol. The molecule has 0 aliphatic heterocycles. The number of rotatable bonds is 4. The lowest BCUT2D eigenvalue weighted by Gasteiger charge is -2.08. The van der Waals surface area contributed by atoms with E-state index in [1.165, 1.54) is 0 Å². The normalized spacial score (nSPS) is 11.0. The number of benzene rings is 2. The summed E-state index contributed by atoms with van der Waals surface area (Å²) in [6.45, 7) is 1.85. The first-order valence-corrected chi connectivity index (χ1v) is 9.86. The van der Waals surface area contributed by atoms with Crippen molar-refractivity contribution in [3.8, 4) is 28.3 Å². The van der Waals surface area contributed by atoms with E-state index >= 15 is 0 Å². The zero-order valence-corrected chi connectivity index (χ0v) is 17.1. The lowest BCUT2D eigenvalue weighted by Crippen LogP contribution is -2.10. The third-order valence-electron chi connectivity index (χ3n) is 5.13. The molecule has 0 saturated heterocycles. The highest BCUT2D eigenvalue weighted by atomic mass is 16.5. The summed E-state index contributed by atoms with van der Waals surface area (Å²) in [5.41, 5.74) is 4.40. The molecule has 6 heteroatoms. The van der Waals surface area contributed by atoms with E-state index < -0.39 is 5.97 Å². The third-order valence-corrected chi connectivity index (χ3v) is 5.13. The fraction of sp³-hybridized carbons (Fsp3) is 0.0800. The number of carbonyl (C=O) groups is 1. The average molecular weight is 409 g/mol. The van der Waals surface area contributed by atoms with Crippen LogP contribution in [-0.2, 0) is 7.05 Å². The number of furan rings is 1. The molecule has 3 aromatic heterocycles. The molecular formula is C25H19N3O3. The van der Waals surface area contributed by atoms with Gasteiger partial charge in [0, 0.05) is 7.05 Å². The number of aryl methyl sites for hydroxylation is 2. The summed E-state index contributed by atoms with van der Waals surface area (Å²) in [4.78, 5) is 17.8. The minimum atomic E-state index is -0.469. The topological polar surface area (TPSA) is 70.2 Å². The molecule has 0 fully saturated rings. The summed E-state index contributed by atoms with van der Waals surface area (Å²) >= 11 is 0. The van der Waals surface area contributed by atoms with Gasteiger partial charge in [0.15, 0.2) is 11.4 Å². The summed E-state index contributed by atoms with van der Waals surface area (Å²) in [6.07, 6.45) is 1.57. The molecule has 0 radical (unpaired) electrons. The van der Waals surface area contributed by atoms with Crippen LogP contribution in [0.15, 0.2) is 83.5 Å². The largest absolute Gasteiger partial charge is 0.463 e. The molecule has 0 N–H and O–H groups in total. The molecule has 6 nitrogen and oxygen atoms in total. The summed E-state index contributed by atoms with van der Waals surface area (Å²) in [5.74, 6) is 0.571. The van der Waals surface area contributed by atoms with E-state index in [4.69, 9.17) is 9.15 Å². The molecule has 0 bridgehead atoms. The maximum atomic E-state index is 13.1. The van der Waals surface area contributed by atoms with E-state index in [1.54, 1.807) is 48.3 Å². The van der Waals surface area contributed by atoms with E-state index in [2.05, 4.69) is 10.1 Å². The smallest absolute Gasteiger partial charge is 0.344 e. The number of hydrogen-bond acceptors (Lipinski definition) is 5. The first kappa shape index (κ1) is 18.8. The highest BCUT2D eigenvalue weighted by Gasteiger charge is 2.21. The maximum absolute atomic E-state index is 13.1. The second-order valence-corrected chi connectivity index (χ2v) is 7.22. The van der Waals surface area contributed by atoms with Gasteiger partial charge >= 0.3 is 5.97 Å². The number of pyridine rings is 1. The van der Waals surface area contributed by atoms with Gasteiger partial charge < -0.3 is 9.15 Å². The van der Waals surface area contributed by atoms with Crippen LogP contribution in [0.25, 0.3) is 33.6 Å². The Labute approximate surface area is 178 Å². The molecule has 0 atom stereocenters. The Hall–Kier alpha value is -4.19. The minimum Gasteiger partial charge on any atom is -0.463 e. The van der Waals surface area contributed by atoms with Crippen molar-refractivity contribution in [1.29, 1.82) is 0 Å². The van der Waals surface area contributed by atoms with Crippen LogP contribution in [0.4, 0.5) is 0 Å². The van der Waals surface area contributed by atoms with Gasteiger partial charge in [-0.25, -0.2) is 9.78 Å². The summed E-state index contributed by atoms with van der Waals surface area (Å²) in [7, 11) is 1.80. The van der Waals surface area contributed by atoms with Gasteiger partial charge in [-0.15, -0.1) is 0 Å². The monoisotopic (exact) mass is 409 g/mol. The highest BCUT2D eigenvalue weighted by Crippen LogP contribution is 2.29. The molecule has 0 unspecified atom stereocenters. The van der Waals surface area contributed by atoms with E-state index in [-0.39, 0.29) is 0 Å². The molecule has 2 aromatic carbocycles. The SMILES string of the molecule is Cc1nn(C)c2nc(-c3ccco3)cc(C(=O)Oc3ccc(-c4ccccc4)cc3)c12. The Balaban J connectivity index is 1.51. The van der Waals surface area contributed by atoms with Gasteiger partial charge in [-0.3, -0.25) is 4.68 Å². The Morgan fingerprint density at radius 1 is 0.968 bits per heavy atom. The van der Waals surface area contributed by atoms with Gasteiger partial charge in [-0.1, -0.05) is 42.5 Å². The van der Waals surface area contributed by atoms with Crippen molar-refractivity contribution in [2.45, 2.75) is 6.92 Å². The number of fused-ring (bicyclic) bond motifs is 1. The Morgan fingerprint density at radius 3 is 2.42 bits per heavy atom. The molecule has 5 aromatic rings. The Kier molecular flexibility index (Phi) is 4.59. The van der Waals surface area contributed by atoms with Crippen molar-refractivity contribution in [1.82, 2.24) is 14.8 Å². The van der Waals surface area contributed by atoms with E-state index in [9.17, 15) is 4.79 Å². The van der Waals surface area contributed by atoms with Gasteiger partial charge in [-0.05, 0) is 48.4 Å².